The fraction of sp³-hybridized carbons (Fsp3) is 0.556. The minimum absolute atomic E-state index is 0.0278. The van der Waals surface area contributed by atoms with Crippen molar-refractivity contribution < 1.29 is 13.9 Å². The van der Waals surface area contributed by atoms with Crippen molar-refractivity contribution in [3.8, 4) is 17.8 Å². The van der Waals surface area contributed by atoms with E-state index in [2.05, 4.69) is 36.7 Å². The van der Waals surface area contributed by atoms with Gasteiger partial charge in [-0.25, -0.2) is 4.98 Å². The maximum Gasteiger partial charge on any atom is 0.307 e. The quantitative estimate of drug-likeness (QED) is 0.332. The van der Waals surface area contributed by atoms with Crippen molar-refractivity contribution in [2.45, 2.75) is 53.4 Å². The first-order valence-corrected chi connectivity index (χ1v) is 7.57. The fourth-order valence-corrected chi connectivity index (χ4v) is 2.04. The number of ketones is 1. The normalized spacial score (nSPS) is 11.3. The van der Waals surface area contributed by atoms with Gasteiger partial charge in [0.1, 0.15) is 5.69 Å². The lowest BCUT2D eigenvalue weighted by Crippen LogP contribution is -2.06. The van der Waals surface area contributed by atoms with Crippen LogP contribution in [0.2, 0.25) is 0 Å². The van der Waals surface area contributed by atoms with Gasteiger partial charge in [0.25, 0.3) is 0 Å². The van der Waals surface area contributed by atoms with Crippen molar-refractivity contribution in [2.24, 2.45) is 5.92 Å². The molecule has 0 saturated heterocycles. The number of oxazole rings is 1. The molecule has 0 aliphatic heterocycles. The summed E-state index contributed by atoms with van der Waals surface area (Å²) in [5, 5.41) is 0. The molecule has 1 unspecified atom stereocenters. The zero-order chi connectivity index (χ0) is 16.5. The van der Waals surface area contributed by atoms with Gasteiger partial charge in [-0.3, -0.25) is 4.79 Å². The van der Waals surface area contributed by atoms with Crippen LogP contribution in [-0.4, -0.2) is 17.9 Å². The predicted molar refractivity (Wildman–Crippen MR) is 86.7 cm³/mol. The van der Waals surface area contributed by atoms with E-state index in [0.29, 0.717) is 24.7 Å². The number of hydrogen-bond acceptors (Lipinski definition) is 4. The molecule has 0 aliphatic carbocycles. The van der Waals surface area contributed by atoms with Crippen molar-refractivity contribution in [3.63, 3.8) is 0 Å². The van der Waals surface area contributed by atoms with Gasteiger partial charge in [-0.05, 0) is 39.0 Å². The van der Waals surface area contributed by atoms with Gasteiger partial charge in [-0.15, -0.1) is 0 Å². The second-order valence-electron chi connectivity index (χ2n) is 5.74. The van der Waals surface area contributed by atoms with E-state index in [4.69, 9.17) is 9.15 Å². The van der Waals surface area contributed by atoms with Crippen molar-refractivity contribution in [3.05, 3.63) is 23.2 Å². The van der Waals surface area contributed by atoms with Crippen LogP contribution in [0.3, 0.4) is 0 Å². The molecule has 0 aromatic carbocycles. The molecule has 1 aromatic heterocycles. The Morgan fingerprint density at radius 2 is 2.18 bits per heavy atom. The van der Waals surface area contributed by atoms with Crippen molar-refractivity contribution in [1.82, 2.24) is 4.98 Å². The van der Waals surface area contributed by atoms with Gasteiger partial charge in [0, 0.05) is 19.3 Å². The summed E-state index contributed by atoms with van der Waals surface area (Å²) in [4.78, 5) is 16.1. The Labute approximate surface area is 133 Å². The minimum atomic E-state index is -0.0278. The summed E-state index contributed by atoms with van der Waals surface area (Å²) in [6.07, 6.45) is 4.77. The summed E-state index contributed by atoms with van der Waals surface area (Å²) in [5.74, 6) is 6.79. The number of Topliss-reactive ketones (excluding diaryl/α,β-unsaturated/α-hetero) is 1. The van der Waals surface area contributed by atoms with E-state index in [1.807, 2.05) is 13.8 Å². The van der Waals surface area contributed by atoms with Crippen molar-refractivity contribution >= 4 is 5.78 Å². The molecule has 4 nitrogen and oxygen atoms in total. The average Bonchev–Trinajstić information content (AvgIpc) is 2.77. The van der Waals surface area contributed by atoms with Crippen LogP contribution in [0.5, 0.6) is 5.95 Å². The first-order chi connectivity index (χ1) is 10.4. The Morgan fingerprint density at radius 1 is 1.45 bits per heavy atom. The molecule has 0 radical (unpaired) electrons. The van der Waals surface area contributed by atoms with Gasteiger partial charge in [0.15, 0.2) is 5.89 Å². The van der Waals surface area contributed by atoms with E-state index >= 15 is 0 Å². The van der Waals surface area contributed by atoms with Crippen LogP contribution in [0.4, 0.5) is 0 Å². The van der Waals surface area contributed by atoms with Crippen LogP contribution in [0.25, 0.3) is 0 Å². The van der Waals surface area contributed by atoms with Crippen molar-refractivity contribution in [1.29, 1.82) is 0 Å². The van der Waals surface area contributed by atoms with E-state index in [9.17, 15) is 4.79 Å². The molecule has 1 heterocycles. The number of rotatable bonds is 7. The molecule has 1 atom stereocenters. The number of hydrogen-bond donors (Lipinski definition) is 0. The minimum Gasteiger partial charge on any atom is -0.467 e. The zero-order valence-corrected chi connectivity index (χ0v) is 14.2. The summed E-state index contributed by atoms with van der Waals surface area (Å²) in [7, 11) is 1.55. The van der Waals surface area contributed by atoms with E-state index < -0.39 is 0 Å². The van der Waals surface area contributed by atoms with Crippen LogP contribution in [-0.2, 0) is 11.2 Å². The lowest BCUT2D eigenvalue weighted by atomic mass is 10.0. The largest absolute Gasteiger partial charge is 0.467 e. The smallest absolute Gasteiger partial charge is 0.307 e. The van der Waals surface area contributed by atoms with Gasteiger partial charge in [-0.2, -0.15) is 0 Å². The first-order valence-electron chi connectivity index (χ1n) is 7.57. The average molecular weight is 303 g/mol. The molecule has 0 bridgehead atoms. The number of methoxy groups -OCH3 is 1. The Balaban J connectivity index is 2.40. The highest BCUT2D eigenvalue weighted by molar-refractivity contribution is 5.95. The zero-order valence-electron chi connectivity index (χ0n) is 14.2. The van der Waals surface area contributed by atoms with E-state index in [0.717, 1.165) is 18.5 Å². The fourth-order valence-electron chi connectivity index (χ4n) is 2.04. The first kappa shape index (κ1) is 18.0. The molecule has 0 spiro atoms. The lowest BCUT2D eigenvalue weighted by molar-refractivity contribution is -0.114. The van der Waals surface area contributed by atoms with E-state index in [1.54, 1.807) is 7.11 Å². The summed E-state index contributed by atoms with van der Waals surface area (Å²) in [6, 6.07) is 0. The lowest BCUT2D eigenvalue weighted by Gasteiger charge is -2.04. The number of aromatic nitrogens is 1. The standard InChI is InChI=1S/C18H25NO3/c1-13(2)9-7-6-8-10-16(20)11-14(3)12-17-19-15(4)18(21-5)22-17/h9,14H,6-7,11-12H2,1-5H3. The van der Waals surface area contributed by atoms with Crippen LogP contribution in [0, 0.1) is 24.7 Å². The Bertz CT molecular complexity index is 583. The van der Waals surface area contributed by atoms with Gasteiger partial charge in [-0.1, -0.05) is 24.5 Å². The van der Waals surface area contributed by atoms with Gasteiger partial charge in [0.05, 0.1) is 7.11 Å². The van der Waals surface area contributed by atoms with Crippen LogP contribution >= 0.6 is 0 Å². The third-order valence-electron chi connectivity index (χ3n) is 3.09. The molecule has 0 N–H and O–H groups in total. The number of unbranched alkanes of at least 4 members (excludes halogenated alkanes) is 1. The molecule has 0 saturated carbocycles. The van der Waals surface area contributed by atoms with Crippen LogP contribution < -0.4 is 4.74 Å². The maximum absolute atomic E-state index is 11.8. The predicted octanol–water partition coefficient (Wildman–Crippen LogP) is 3.88. The van der Waals surface area contributed by atoms with Gasteiger partial charge >= 0.3 is 5.95 Å². The summed E-state index contributed by atoms with van der Waals surface area (Å²) in [5.41, 5.74) is 2.01. The molecule has 0 amide bonds. The molecular formula is C18H25NO3. The number of aryl methyl sites for hydroxylation is 1. The molecule has 1 aromatic rings. The third-order valence-corrected chi connectivity index (χ3v) is 3.09. The molecular weight excluding hydrogens is 278 g/mol. The van der Waals surface area contributed by atoms with Crippen molar-refractivity contribution in [2.75, 3.05) is 7.11 Å². The summed E-state index contributed by atoms with van der Waals surface area (Å²) < 4.78 is 10.5. The monoisotopic (exact) mass is 303 g/mol. The van der Waals surface area contributed by atoms with Crippen LogP contribution in [0.1, 0.15) is 51.6 Å². The molecule has 22 heavy (non-hydrogen) atoms. The Kier molecular flexibility index (Phi) is 7.45. The highest BCUT2D eigenvalue weighted by atomic mass is 16.6. The second kappa shape index (κ2) is 9.09. The number of nitrogens with zero attached hydrogens (tertiary/aromatic N) is 1. The number of carbonyl (C=O) groups is 1. The third kappa shape index (κ3) is 6.62. The molecule has 120 valence electrons. The molecule has 0 aliphatic rings. The topological polar surface area (TPSA) is 52.3 Å². The number of carbonyl (C=O) groups excluding carboxylic acids is 1. The van der Waals surface area contributed by atoms with Gasteiger partial charge in [0.2, 0.25) is 5.78 Å². The van der Waals surface area contributed by atoms with Gasteiger partial charge < -0.3 is 9.15 Å². The number of ether oxygens (including phenoxy) is 1. The molecule has 1 rings (SSSR count). The number of allylic oxidation sites excluding steroid dienone is 2. The Hall–Kier alpha value is -2.02. The second-order valence-corrected chi connectivity index (χ2v) is 5.74. The Morgan fingerprint density at radius 3 is 2.77 bits per heavy atom. The summed E-state index contributed by atoms with van der Waals surface area (Å²) >= 11 is 0. The van der Waals surface area contributed by atoms with E-state index in [-0.39, 0.29) is 11.7 Å². The van der Waals surface area contributed by atoms with Crippen LogP contribution in [0.15, 0.2) is 16.1 Å². The SMILES string of the molecule is COc1oc(CC(C)CC(=O)C#CCCC=C(C)C)nc1C. The molecule has 4 heteroatoms. The highest BCUT2D eigenvalue weighted by Crippen LogP contribution is 2.21. The highest BCUT2D eigenvalue weighted by Gasteiger charge is 2.14. The summed E-state index contributed by atoms with van der Waals surface area (Å²) in [6.45, 7) is 7.94. The molecule has 0 fully saturated rings. The maximum atomic E-state index is 11.8. The van der Waals surface area contributed by atoms with E-state index in [1.165, 1.54) is 5.57 Å².